The highest BCUT2D eigenvalue weighted by Gasteiger charge is 2.14. The Kier molecular flexibility index (Phi) is 6.70. The van der Waals surface area contributed by atoms with E-state index in [1.807, 2.05) is 32.0 Å². The fourth-order valence-corrected chi connectivity index (χ4v) is 3.56. The number of carbonyl (C=O) groups is 1. The normalized spacial score (nSPS) is 10.9. The molecule has 1 amide bonds. The van der Waals surface area contributed by atoms with Crippen LogP contribution in [-0.4, -0.2) is 25.9 Å². The van der Waals surface area contributed by atoms with E-state index >= 15 is 0 Å². The third kappa shape index (κ3) is 5.69. The molecule has 3 aromatic rings. The first-order valence-corrected chi connectivity index (χ1v) is 10.8. The van der Waals surface area contributed by atoms with E-state index < -0.39 is 15.9 Å². The maximum Gasteiger partial charge on any atom is 0.255 e. The summed E-state index contributed by atoms with van der Waals surface area (Å²) < 4.78 is 32.1. The third-order valence-corrected chi connectivity index (χ3v) is 5.90. The lowest BCUT2D eigenvalue weighted by molar-refractivity contribution is 0.102. The average molecular weight is 436 g/mol. The van der Waals surface area contributed by atoms with Crippen LogP contribution >= 0.6 is 0 Å². The number of carbonyl (C=O) groups excluding carboxylic acids is 1. The average Bonchev–Trinajstić information content (AvgIpc) is 2.76. The van der Waals surface area contributed by atoms with Crippen molar-refractivity contribution in [2.75, 3.05) is 11.9 Å². The van der Waals surface area contributed by atoms with Gasteiger partial charge in [0.2, 0.25) is 15.9 Å². The van der Waals surface area contributed by atoms with Gasteiger partial charge in [0.25, 0.3) is 5.91 Å². The van der Waals surface area contributed by atoms with Gasteiger partial charge < -0.3 is 10.1 Å². The number of rotatable bonds is 7. The molecule has 0 saturated carbocycles. The first kappa shape index (κ1) is 22.0. The predicted molar refractivity (Wildman–Crippen MR) is 119 cm³/mol. The minimum atomic E-state index is -3.71. The molecule has 0 bridgehead atoms. The molecule has 0 saturated heterocycles. The van der Waals surface area contributed by atoms with Crippen molar-refractivity contribution in [1.82, 2.24) is 9.71 Å². The fraction of sp³-hybridized carbons (Fsp3) is 0.130. The largest absolute Gasteiger partial charge is 0.439 e. The second-order valence-corrected chi connectivity index (χ2v) is 8.51. The number of ether oxygens (including phenoxy) is 1. The molecule has 0 aliphatic rings. The van der Waals surface area contributed by atoms with Crippen molar-refractivity contribution in [2.24, 2.45) is 0 Å². The van der Waals surface area contributed by atoms with Gasteiger partial charge in [-0.05, 0) is 67.4 Å². The van der Waals surface area contributed by atoms with E-state index in [2.05, 4.69) is 20.9 Å². The summed E-state index contributed by atoms with van der Waals surface area (Å²) in [5.74, 6) is 2.88. The van der Waals surface area contributed by atoms with Gasteiger partial charge in [0, 0.05) is 11.6 Å². The number of nitrogens with one attached hydrogen (secondary N) is 2. The van der Waals surface area contributed by atoms with E-state index in [-0.39, 0.29) is 11.4 Å². The standard InChI is InChI=1S/C23H21N3O4S/c1-4-13-25-31(28,29)21-10-6-18(7-11-21)23(27)26-19-8-12-22(24-15-19)30-20-9-5-16(2)17(3)14-20/h1,5-12,14-15,25H,13H2,2-3H3,(H,26,27). The number of hydrogen-bond donors (Lipinski definition) is 2. The number of benzene rings is 2. The Hall–Kier alpha value is -3.67. The van der Waals surface area contributed by atoms with Crippen LogP contribution in [-0.2, 0) is 10.0 Å². The van der Waals surface area contributed by atoms with Gasteiger partial charge in [-0.3, -0.25) is 4.79 Å². The Morgan fingerprint density at radius 1 is 1.06 bits per heavy atom. The molecule has 2 aromatic carbocycles. The van der Waals surface area contributed by atoms with Gasteiger partial charge in [-0.15, -0.1) is 6.42 Å². The molecule has 7 nitrogen and oxygen atoms in total. The molecule has 0 radical (unpaired) electrons. The molecule has 0 spiro atoms. The molecule has 31 heavy (non-hydrogen) atoms. The van der Waals surface area contributed by atoms with Crippen molar-refractivity contribution in [1.29, 1.82) is 0 Å². The molecule has 0 atom stereocenters. The van der Waals surface area contributed by atoms with Crippen LogP contribution in [0.3, 0.4) is 0 Å². The number of aromatic nitrogens is 1. The number of hydrogen-bond acceptors (Lipinski definition) is 5. The Bertz CT molecular complexity index is 1230. The minimum absolute atomic E-state index is 0.0220. The molecule has 0 unspecified atom stereocenters. The number of amides is 1. The van der Waals surface area contributed by atoms with Crippen molar-refractivity contribution in [3.63, 3.8) is 0 Å². The first-order valence-electron chi connectivity index (χ1n) is 9.34. The molecule has 3 rings (SSSR count). The van der Waals surface area contributed by atoms with Crippen LogP contribution in [0.1, 0.15) is 21.5 Å². The van der Waals surface area contributed by atoms with Crippen LogP contribution in [0.4, 0.5) is 5.69 Å². The smallest absolute Gasteiger partial charge is 0.255 e. The van der Waals surface area contributed by atoms with E-state index in [4.69, 9.17) is 11.2 Å². The van der Waals surface area contributed by atoms with Gasteiger partial charge in [0.1, 0.15) is 5.75 Å². The Morgan fingerprint density at radius 3 is 2.42 bits per heavy atom. The van der Waals surface area contributed by atoms with Gasteiger partial charge >= 0.3 is 0 Å². The van der Waals surface area contributed by atoms with Crippen LogP contribution in [0.15, 0.2) is 65.7 Å². The number of terminal acetylenes is 1. The highest BCUT2D eigenvalue weighted by molar-refractivity contribution is 7.89. The van der Waals surface area contributed by atoms with Gasteiger partial charge in [0.05, 0.1) is 23.3 Å². The highest BCUT2D eigenvalue weighted by Crippen LogP contribution is 2.23. The lowest BCUT2D eigenvalue weighted by Gasteiger charge is -2.09. The molecular formula is C23H21N3O4S. The summed E-state index contributed by atoms with van der Waals surface area (Å²) in [5, 5.41) is 2.71. The number of pyridine rings is 1. The summed E-state index contributed by atoms with van der Waals surface area (Å²) in [6.07, 6.45) is 6.55. The van der Waals surface area contributed by atoms with Crippen molar-refractivity contribution >= 4 is 21.6 Å². The molecule has 1 aromatic heterocycles. The molecule has 0 fully saturated rings. The third-order valence-electron chi connectivity index (χ3n) is 4.49. The predicted octanol–water partition coefficient (Wildman–Crippen LogP) is 3.65. The van der Waals surface area contributed by atoms with Crippen LogP contribution in [0, 0.1) is 26.2 Å². The topological polar surface area (TPSA) is 97.4 Å². The highest BCUT2D eigenvalue weighted by atomic mass is 32.2. The quantitative estimate of drug-likeness (QED) is 0.552. The minimum Gasteiger partial charge on any atom is -0.439 e. The zero-order chi connectivity index (χ0) is 22.4. The van der Waals surface area contributed by atoms with Crippen molar-refractivity contribution in [3.8, 4) is 24.0 Å². The van der Waals surface area contributed by atoms with Gasteiger partial charge in [0.15, 0.2) is 0 Å². The van der Waals surface area contributed by atoms with Crippen LogP contribution in [0.5, 0.6) is 11.6 Å². The maximum atomic E-state index is 12.4. The Morgan fingerprint density at radius 2 is 1.81 bits per heavy atom. The molecule has 1 heterocycles. The molecule has 0 aliphatic carbocycles. The lowest BCUT2D eigenvalue weighted by atomic mass is 10.1. The van der Waals surface area contributed by atoms with E-state index in [9.17, 15) is 13.2 Å². The van der Waals surface area contributed by atoms with Gasteiger partial charge in [-0.1, -0.05) is 12.0 Å². The monoisotopic (exact) mass is 435 g/mol. The van der Waals surface area contributed by atoms with E-state index in [1.54, 1.807) is 12.1 Å². The van der Waals surface area contributed by atoms with Crippen LogP contribution in [0.2, 0.25) is 0 Å². The van der Waals surface area contributed by atoms with Crippen LogP contribution < -0.4 is 14.8 Å². The summed E-state index contributed by atoms with van der Waals surface area (Å²) in [5.41, 5.74) is 3.07. The summed E-state index contributed by atoms with van der Waals surface area (Å²) in [4.78, 5) is 16.7. The number of nitrogens with zero attached hydrogens (tertiary/aromatic N) is 1. The van der Waals surface area contributed by atoms with E-state index in [0.717, 1.165) is 5.56 Å². The van der Waals surface area contributed by atoms with Crippen molar-refractivity contribution in [3.05, 3.63) is 77.5 Å². The molecule has 2 N–H and O–H groups in total. The van der Waals surface area contributed by atoms with Crippen LogP contribution in [0.25, 0.3) is 0 Å². The Balaban J connectivity index is 1.64. The zero-order valence-corrected chi connectivity index (χ0v) is 17.9. The second-order valence-electron chi connectivity index (χ2n) is 6.74. The number of anilines is 1. The molecule has 158 valence electrons. The molecule has 0 aliphatic heterocycles. The van der Waals surface area contributed by atoms with Crippen molar-refractivity contribution in [2.45, 2.75) is 18.7 Å². The number of sulfonamides is 1. The maximum absolute atomic E-state index is 12.4. The van der Waals surface area contributed by atoms with E-state index in [1.165, 1.54) is 36.0 Å². The summed E-state index contributed by atoms with van der Waals surface area (Å²) in [6.45, 7) is 3.92. The molecule has 8 heteroatoms. The summed E-state index contributed by atoms with van der Waals surface area (Å²) >= 11 is 0. The molecular weight excluding hydrogens is 414 g/mol. The van der Waals surface area contributed by atoms with Gasteiger partial charge in [-0.25, -0.2) is 13.4 Å². The first-order chi connectivity index (χ1) is 14.8. The summed E-state index contributed by atoms with van der Waals surface area (Å²) in [7, 11) is -3.71. The summed E-state index contributed by atoms with van der Waals surface area (Å²) in [6, 6.07) is 14.6. The SMILES string of the molecule is C#CCNS(=O)(=O)c1ccc(C(=O)Nc2ccc(Oc3ccc(C)c(C)c3)nc2)cc1. The fourth-order valence-electron chi connectivity index (χ4n) is 2.62. The van der Waals surface area contributed by atoms with E-state index in [0.29, 0.717) is 22.9 Å². The van der Waals surface area contributed by atoms with Crippen molar-refractivity contribution < 1.29 is 17.9 Å². The number of aryl methyl sites for hydroxylation is 2. The van der Waals surface area contributed by atoms with Gasteiger partial charge in [-0.2, -0.15) is 4.72 Å². The zero-order valence-electron chi connectivity index (χ0n) is 17.0. The lowest BCUT2D eigenvalue weighted by Crippen LogP contribution is -2.24. The Labute approximate surface area is 181 Å². The second kappa shape index (κ2) is 9.43.